The molecule has 1 atom stereocenters. The van der Waals surface area contributed by atoms with Gasteiger partial charge in [-0.25, -0.2) is 4.99 Å². The van der Waals surface area contributed by atoms with Crippen LogP contribution in [0.25, 0.3) is 0 Å². The van der Waals surface area contributed by atoms with E-state index in [1.165, 1.54) is 12.8 Å². The first-order chi connectivity index (χ1) is 18.3. The maximum Gasteiger partial charge on any atom is 0.231 e. The summed E-state index contributed by atoms with van der Waals surface area (Å²) in [5.41, 5.74) is 6.53. The van der Waals surface area contributed by atoms with Gasteiger partial charge in [-0.3, -0.25) is 14.5 Å². The smallest absolute Gasteiger partial charge is 0.231 e. The minimum absolute atomic E-state index is 0.113. The number of rotatable bonds is 5. The molecule has 0 unspecified atom stereocenters. The van der Waals surface area contributed by atoms with E-state index >= 15 is 0 Å². The van der Waals surface area contributed by atoms with Crippen LogP contribution in [0.1, 0.15) is 58.1 Å². The molecule has 204 valence electrons. The average Bonchev–Trinajstić information content (AvgIpc) is 3.75. The lowest BCUT2D eigenvalue weighted by atomic mass is 9.99. The van der Waals surface area contributed by atoms with Crippen LogP contribution in [-0.2, 0) is 9.59 Å². The van der Waals surface area contributed by atoms with Gasteiger partial charge in [-0.1, -0.05) is 43.0 Å². The van der Waals surface area contributed by atoms with Gasteiger partial charge in [0.25, 0.3) is 0 Å². The lowest BCUT2D eigenvalue weighted by Crippen LogP contribution is -2.50. The van der Waals surface area contributed by atoms with Gasteiger partial charge in [-0.05, 0) is 45.6 Å². The molecule has 2 heterocycles. The summed E-state index contributed by atoms with van der Waals surface area (Å²) in [6, 6.07) is 7.90. The highest BCUT2D eigenvalue weighted by Gasteiger charge is 2.35. The summed E-state index contributed by atoms with van der Waals surface area (Å²) < 4.78 is 5.44. The molecule has 4 rings (SSSR count). The molecule has 1 aromatic rings. The van der Waals surface area contributed by atoms with Crippen molar-refractivity contribution < 1.29 is 14.3 Å². The number of amides is 2. The fraction of sp³-hybridized carbons (Fsp3) is 0.387. The van der Waals surface area contributed by atoms with Crippen molar-refractivity contribution in [1.29, 1.82) is 0 Å². The summed E-state index contributed by atoms with van der Waals surface area (Å²) in [6.07, 6.45) is 34.1. The first kappa shape index (κ1) is 35.8. The maximum absolute atomic E-state index is 11.7. The minimum Gasteiger partial charge on any atom is -0.493 e. The molecule has 7 nitrogen and oxygen atoms in total. The van der Waals surface area contributed by atoms with Gasteiger partial charge in [0.1, 0.15) is 5.75 Å². The Labute approximate surface area is 229 Å². The zero-order valence-corrected chi connectivity index (χ0v) is 22.9. The molecule has 1 aliphatic carbocycles. The number of carbonyl (C=O) groups is 2. The van der Waals surface area contributed by atoms with Crippen LogP contribution in [0.4, 0.5) is 0 Å². The van der Waals surface area contributed by atoms with Crippen molar-refractivity contribution in [1.82, 2.24) is 10.2 Å². The van der Waals surface area contributed by atoms with Crippen molar-refractivity contribution >= 4 is 18.3 Å². The van der Waals surface area contributed by atoms with Crippen LogP contribution < -0.4 is 15.8 Å². The average molecular weight is 519 g/mol. The van der Waals surface area contributed by atoms with E-state index in [-0.39, 0.29) is 17.5 Å². The first-order valence-electron chi connectivity index (χ1n) is 12.1. The predicted octanol–water partition coefficient (Wildman–Crippen LogP) is 4.47. The van der Waals surface area contributed by atoms with E-state index in [2.05, 4.69) is 55.4 Å². The number of nitrogens with two attached hydrogens (primary N) is 1. The van der Waals surface area contributed by atoms with Gasteiger partial charge >= 0.3 is 0 Å². The summed E-state index contributed by atoms with van der Waals surface area (Å²) in [5, 5.41) is 2.78. The topological polar surface area (TPSA) is 97.0 Å². The van der Waals surface area contributed by atoms with E-state index in [1.54, 1.807) is 11.0 Å². The van der Waals surface area contributed by atoms with Crippen LogP contribution in [0, 0.1) is 44.5 Å². The monoisotopic (exact) mass is 518 g/mol. The number of carbonyl (C=O) groups excluding carboxylic acids is 2. The second-order valence-electron chi connectivity index (χ2n) is 8.68. The normalized spacial score (nSPS) is 17.8. The van der Waals surface area contributed by atoms with Crippen molar-refractivity contribution in [3.05, 3.63) is 54.6 Å². The largest absolute Gasteiger partial charge is 0.493 e. The molecule has 0 radical (unpaired) electrons. The first-order valence-corrected chi connectivity index (χ1v) is 12.1. The molecular formula is C31H42N4O3. The Bertz CT molecular complexity index is 955. The van der Waals surface area contributed by atoms with E-state index in [9.17, 15) is 9.59 Å². The second kappa shape index (κ2) is 20.7. The molecule has 2 aliphatic heterocycles. The van der Waals surface area contributed by atoms with Crippen molar-refractivity contribution in [3.63, 3.8) is 0 Å². The van der Waals surface area contributed by atoms with E-state index in [4.69, 9.17) is 10.5 Å². The number of hydrogen-bond acceptors (Lipinski definition) is 5. The number of benzene rings is 1. The molecule has 7 heteroatoms. The third kappa shape index (κ3) is 13.6. The molecule has 0 spiro atoms. The molecule has 2 amide bonds. The van der Waals surface area contributed by atoms with Crippen molar-refractivity contribution in [2.75, 3.05) is 13.2 Å². The van der Waals surface area contributed by atoms with E-state index in [0.29, 0.717) is 24.9 Å². The molecule has 0 aromatic heterocycles. The van der Waals surface area contributed by atoms with Gasteiger partial charge in [0.15, 0.2) is 5.96 Å². The van der Waals surface area contributed by atoms with Crippen LogP contribution in [-0.4, -0.2) is 41.9 Å². The number of allylic oxidation sites excluding steroid dienone is 3. The Morgan fingerprint density at radius 3 is 2.24 bits per heavy atom. The van der Waals surface area contributed by atoms with Crippen molar-refractivity contribution in [3.8, 4) is 44.3 Å². The molecule has 3 aliphatic rings. The number of aliphatic imine (C=N–C) groups is 1. The van der Waals surface area contributed by atoms with Gasteiger partial charge in [-0.2, -0.15) is 0 Å². The summed E-state index contributed by atoms with van der Waals surface area (Å²) in [5.74, 6) is 2.06. The van der Waals surface area contributed by atoms with Gasteiger partial charge in [0, 0.05) is 18.5 Å². The van der Waals surface area contributed by atoms with Crippen LogP contribution in [0.15, 0.2) is 54.1 Å². The highest BCUT2D eigenvalue weighted by atomic mass is 16.5. The number of hydrogen-bond donors (Lipinski definition) is 2. The third-order valence-corrected chi connectivity index (χ3v) is 5.27. The Kier molecular flexibility index (Phi) is 19.5. The summed E-state index contributed by atoms with van der Waals surface area (Å²) in [6.45, 7) is 10.7. The van der Waals surface area contributed by atoms with Gasteiger partial charge in [0.05, 0.1) is 24.6 Å². The molecule has 0 bridgehead atoms. The lowest BCUT2D eigenvalue weighted by molar-refractivity contribution is -0.129. The number of terminal acetylenes is 3. The fourth-order valence-corrected chi connectivity index (χ4v) is 3.49. The lowest BCUT2D eigenvalue weighted by Gasteiger charge is -2.32. The zero-order valence-electron chi connectivity index (χ0n) is 22.9. The van der Waals surface area contributed by atoms with Crippen LogP contribution in [0.3, 0.4) is 0 Å². The zero-order chi connectivity index (χ0) is 29.6. The Hall–Kier alpha value is -4.41. The predicted molar refractivity (Wildman–Crippen MR) is 158 cm³/mol. The Balaban J connectivity index is 0. The molecule has 1 saturated carbocycles. The number of ether oxygens (including phenoxy) is 1. The highest BCUT2D eigenvalue weighted by molar-refractivity contribution is 5.99. The molecular weight excluding hydrogens is 476 g/mol. The second-order valence-corrected chi connectivity index (χ2v) is 8.68. The van der Waals surface area contributed by atoms with E-state index < -0.39 is 0 Å². The third-order valence-electron chi connectivity index (χ3n) is 5.27. The van der Waals surface area contributed by atoms with Gasteiger partial charge in [0.2, 0.25) is 12.3 Å². The molecule has 3 N–H and O–H groups in total. The number of nitrogens with zero attached hydrogens (tertiary/aromatic N) is 2. The van der Waals surface area contributed by atoms with Crippen LogP contribution in [0.2, 0.25) is 0 Å². The Morgan fingerprint density at radius 1 is 1.16 bits per heavy atom. The number of guanidine groups is 1. The molecule has 1 aromatic carbocycles. The van der Waals surface area contributed by atoms with Gasteiger partial charge in [-0.15, -0.1) is 38.5 Å². The number of nitrogens with one attached hydrogen (secondary N) is 1. The fourth-order valence-electron chi connectivity index (χ4n) is 3.49. The standard InChI is InChI=1S/C10H17N3O.C10H11NO2.C5H8.3C2H2/c1-10(2)5-8(14)13(9(11)12-10)6-7-3-4-7;12-7-11-9-5-6-13-10-4-2-1-3-8(9)10;1-3-5-4-2;3*1-2/h7H,3-6H2,1-2H3,(H2,11,12);1-4,7,9H,5-6H2,(H,11,12);3-5H,1H2,2H3;3*1-2H/b;;5-4-;;;/t;9-;;;;/m.0..../s1. The van der Waals surface area contributed by atoms with Crippen LogP contribution >= 0.6 is 0 Å². The van der Waals surface area contributed by atoms with Crippen LogP contribution in [0.5, 0.6) is 5.75 Å². The highest BCUT2D eigenvalue weighted by Crippen LogP contribution is 2.32. The van der Waals surface area contributed by atoms with E-state index in [1.807, 2.05) is 57.2 Å². The van der Waals surface area contributed by atoms with Gasteiger partial charge < -0.3 is 15.8 Å². The van der Waals surface area contributed by atoms with Crippen molar-refractivity contribution in [2.24, 2.45) is 16.6 Å². The maximum atomic E-state index is 11.7. The molecule has 1 fully saturated rings. The molecule has 38 heavy (non-hydrogen) atoms. The SMILES string of the molecule is C#C.C#C.C#C.C=C/C=C\C.CC1(C)CC(=O)N(CC2CC2)C(N)=N1.O=CN[C@H]1CCOc2ccccc21. The molecule has 0 saturated heterocycles. The Morgan fingerprint density at radius 2 is 1.76 bits per heavy atom. The summed E-state index contributed by atoms with van der Waals surface area (Å²) in [7, 11) is 0. The summed E-state index contributed by atoms with van der Waals surface area (Å²) in [4.78, 5) is 28.0. The number of fused-ring (bicyclic) bond motifs is 1. The number of para-hydroxylation sites is 1. The van der Waals surface area contributed by atoms with E-state index in [0.717, 1.165) is 30.7 Å². The van der Waals surface area contributed by atoms with Crippen molar-refractivity contribution in [2.45, 2.75) is 58.0 Å². The minimum atomic E-state index is -0.318. The quantitative estimate of drug-likeness (QED) is 0.341. The summed E-state index contributed by atoms with van der Waals surface area (Å²) >= 11 is 0.